The minimum absolute atomic E-state index is 0.235. The van der Waals surface area contributed by atoms with E-state index in [0.717, 1.165) is 11.3 Å². The summed E-state index contributed by atoms with van der Waals surface area (Å²) in [6, 6.07) is 11.1. The van der Waals surface area contributed by atoms with E-state index < -0.39 is 0 Å². The molecule has 0 bridgehead atoms. The Morgan fingerprint density at radius 3 is 2.60 bits per heavy atom. The summed E-state index contributed by atoms with van der Waals surface area (Å²) in [5.41, 5.74) is 2.10. The van der Waals surface area contributed by atoms with E-state index in [0.29, 0.717) is 10.8 Å². The number of aromatic nitrogens is 1. The molecule has 2 aromatic rings. The van der Waals surface area contributed by atoms with Gasteiger partial charge in [-0.2, -0.15) is 0 Å². The fourth-order valence-electron chi connectivity index (χ4n) is 1.94. The third-order valence-electron chi connectivity index (χ3n) is 3.09. The Morgan fingerprint density at radius 1 is 1.25 bits per heavy atom. The normalized spacial score (nSPS) is 10.2. The van der Waals surface area contributed by atoms with Crippen LogP contribution in [-0.4, -0.2) is 25.0 Å². The largest absolute Gasteiger partial charge is 0.373 e. The Bertz CT molecular complexity index is 643. The molecule has 4 nitrogen and oxygen atoms in total. The summed E-state index contributed by atoms with van der Waals surface area (Å²) in [5.74, 6) is 0.373. The lowest BCUT2D eigenvalue weighted by Gasteiger charge is -2.19. The van der Waals surface area contributed by atoms with Crippen LogP contribution in [0.15, 0.2) is 36.4 Å². The number of nitrogens with zero attached hydrogens (tertiary/aromatic N) is 2. The second kappa shape index (κ2) is 5.92. The van der Waals surface area contributed by atoms with E-state index in [1.165, 1.54) is 0 Å². The van der Waals surface area contributed by atoms with Gasteiger partial charge >= 0.3 is 0 Å². The van der Waals surface area contributed by atoms with Crippen molar-refractivity contribution in [3.05, 3.63) is 52.7 Å². The summed E-state index contributed by atoms with van der Waals surface area (Å²) >= 11 is 6.08. The first-order chi connectivity index (χ1) is 9.54. The van der Waals surface area contributed by atoms with Crippen LogP contribution in [0, 0.1) is 6.92 Å². The summed E-state index contributed by atoms with van der Waals surface area (Å²) in [4.78, 5) is 18.3. The molecular formula is C15H16ClN3O. The number of amides is 1. The lowest BCUT2D eigenvalue weighted by molar-refractivity contribution is 0.0988. The highest BCUT2D eigenvalue weighted by molar-refractivity contribution is 6.34. The molecule has 1 heterocycles. The third kappa shape index (κ3) is 2.75. The maximum atomic E-state index is 12.5. The Kier molecular flexibility index (Phi) is 4.25. The fourth-order valence-corrected chi connectivity index (χ4v) is 2.13. The minimum atomic E-state index is -0.235. The maximum Gasteiger partial charge on any atom is 0.278 e. The SMILES string of the molecule is CNc1ccc(Cl)c(C(=O)N(C)c2ccccc2C)n1. The van der Waals surface area contributed by atoms with Crippen LogP contribution >= 0.6 is 11.6 Å². The van der Waals surface area contributed by atoms with Gasteiger partial charge in [-0.15, -0.1) is 0 Å². The highest BCUT2D eigenvalue weighted by Gasteiger charge is 2.19. The molecule has 2 rings (SSSR count). The summed E-state index contributed by atoms with van der Waals surface area (Å²) in [5, 5.41) is 3.24. The van der Waals surface area contributed by atoms with Gasteiger partial charge in [0.1, 0.15) is 11.5 Å². The number of pyridine rings is 1. The average Bonchev–Trinajstić information content (AvgIpc) is 2.47. The molecule has 0 aliphatic rings. The van der Waals surface area contributed by atoms with Gasteiger partial charge in [0.25, 0.3) is 5.91 Å². The molecular weight excluding hydrogens is 274 g/mol. The summed E-state index contributed by atoms with van der Waals surface area (Å²) in [7, 11) is 3.46. The van der Waals surface area contributed by atoms with Crippen LogP contribution in [0.4, 0.5) is 11.5 Å². The molecule has 1 N–H and O–H groups in total. The van der Waals surface area contributed by atoms with E-state index >= 15 is 0 Å². The standard InChI is InChI=1S/C15H16ClN3O/c1-10-6-4-5-7-12(10)19(3)15(20)14-11(16)8-9-13(17-2)18-14/h4-9H,1-3H3,(H,17,18). The number of benzene rings is 1. The van der Waals surface area contributed by atoms with Crippen LogP contribution in [0.2, 0.25) is 5.02 Å². The number of nitrogens with one attached hydrogen (secondary N) is 1. The quantitative estimate of drug-likeness (QED) is 0.942. The fraction of sp³-hybridized carbons (Fsp3) is 0.200. The van der Waals surface area contributed by atoms with E-state index in [4.69, 9.17) is 11.6 Å². The minimum Gasteiger partial charge on any atom is -0.373 e. The van der Waals surface area contributed by atoms with Crippen LogP contribution in [0.25, 0.3) is 0 Å². The molecule has 104 valence electrons. The molecule has 5 heteroatoms. The van der Waals surface area contributed by atoms with E-state index in [2.05, 4.69) is 10.3 Å². The average molecular weight is 290 g/mol. The van der Waals surface area contributed by atoms with Crippen LogP contribution in [0.5, 0.6) is 0 Å². The Labute approximate surface area is 123 Å². The Morgan fingerprint density at radius 2 is 1.95 bits per heavy atom. The predicted octanol–water partition coefficient (Wildman–Crippen LogP) is 3.36. The first-order valence-corrected chi connectivity index (χ1v) is 6.60. The number of carbonyl (C=O) groups excluding carboxylic acids is 1. The number of hydrogen-bond acceptors (Lipinski definition) is 3. The van der Waals surface area contributed by atoms with Gasteiger partial charge in [0.05, 0.1) is 5.02 Å². The number of carbonyl (C=O) groups is 1. The van der Waals surface area contributed by atoms with Crippen molar-refractivity contribution in [1.29, 1.82) is 0 Å². The lowest BCUT2D eigenvalue weighted by Crippen LogP contribution is -2.28. The van der Waals surface area contributed by atoms with Crippen molar-refractivity contribution in [2.75, 3.05) is 24.3 Å². The third-order valence-corrected chi connectivity index (χ3v) is 3.39. The van der Waals surface area contributed by atoms with Crippen LogP contribution in [0.3, 0.4) is 0 Å². The van der Waals surface area contributed by atoms with E-state index in [9.17, 15) is 4.79 Å². The summed E-state index contributed by atoms with van der Waals surface area (Å²) < 4.78 is 0. The lowest BCUT2D eigenvalue weighted by atomic mass is 10.2. The summed E-state index contributed by atoms with van der Waals surface area (Å²) in [6.07, 6.45) is 0. The van der Waals surface area contributed by atoms with Crippen molar-refractivity contribution in [3.63, 3.8) is 0 Å². The summed E-state index contributed by atoms with van der Waals surface area (Å²) in [6.45, 7) is 1.96. The first kappa shape index (κ1) is 14.3. The molecule has 0 saturated carbocycles. The molecule has 1 aromatic carbocycles. The van der Waals surface area contributed by atoms with E-state index in [1.54, 1.807) is 31.1 Å². The zero-order valence-corrected chi connectivity index (χ0v) is 12.4. The van der Waals surface area contributed by atoms with Gasteiger partial charge in [0, 0.05) is 19.8 Å². The zero-order valence-electron chi connectivity index (χ0n) is 11.6. The Balaban J connectivity index is 2.39. The molecule has 20 heavy (non-hydrogen) atoms. The number of aryl methyl sites for hydroxylation is 1. The zero-order chi connectivity index (χ0) is 14.7. The van der Waals surface area contributed by atoms with Crippen molar-refractivity contribution >= 4 is 29.0 Å². The van der Waals surface area contributed by atoms with Gasteiger partial charge in [-0.1, -0.05) is 29.8 Å². The molecule has 1 amide bonds. The van der Waals surface area contributed by atoms with Gasteiger partial charge in [-0.25, -0.2) is 4.98 Å². The Hall–Kier alpha value is -2.07. The van der Waals surface area contributed by atoms with Crippen molar-refractivity contribution in [1.82, 2.24) is 4.98 Å². The topological polar surface area (TPSA) is 45.2 Å². The second-order valence-corrected chi connectivity index (χ2v) is 4.83. The monoisotopic (exact) mass is 289 g/mol. The maximum absolute atomic E-state index is 12.5. The van der Waals surface area contributed by atoms with Crippen LogP contribution < -0.4 is 10.2 Å². The van der Waals surface area contributed by atoms with Gasteiger partial charge in [-0.05, 0) is 30.7 Å². The smallest absolute Gasteiger partial charge is 0.278 e. The number of halogens is 1. The number of anilines is 2. The molecule has 0 aliphatic carbocycles. The van der Waals surface area contributed by atoms with E-state index in [1.807, 2.05) is 31.2 Å². The van der Waals surface area contributed by atoms with Crippen molar-refractivity contribution < 1.29 is 4.79 Å². The van der Waals surface area contributed by atoms with Gasteiger partial charge in [0.15, 0.2) is 0 Å². The highest BCUT2D eigenvalue weighted by atomic mass is 35.5. The number of para-hydroxylation sites is 1. The number of rotatable bonds is 3. The predicted molar refractivity (Wildman–Crippen MR) is 82.7 cm³/mol. The van der Waals surface area contributed by atoms with Crippen molar-refractivity contribution in [3.8, 4) is 0 Å². The van der Waals surface area contributed by atoms with Crippen LogP contribution in [-0.2, 0) is 0 Å². The number of hydrogen-bond donors (Lipinski definition) is 1. The van der Waals surface area contributed by atoms with Crippen molar-refractivity contribution in [2.45, 2.75) is 6.92 Å². The molecule has 0 spiro atoms. The highest BCUT2D eigenvalue weighted by Crippen LogP contribution is 2.23. The second-order valence-electron chi connectivity index (χ2n) is 4.43. The molecule has 0 aliphatic heterocycles. The molecule has 0 atom stereocenters. The van der Waals surface area contributed by atoms with Gasteiger partial charge in [-0.3, -0.25) is 4.79 Å². The van der Waals surface area contributed by atoms with Crippen molar-refractivity contribution in [2.24, 2.45) is 0 Å². The van der Waals surface area contributed by atoms with Crippen LogP contribution in [0.1, 0.15) is 16.1 Å². The van der Waals surface area contributed by atoms with Gasteiger partial charge in [0.2, 0.25) is 0 Å². The van der Waals surface area contributed by atoms with Gasteiger partial charge < -0.3 is 10.2 Å². The first-order valence-electron chi connectivity index (χ1n) is 6.22. The molecule has 1 aromatic heterocycles. The molecule has 0 fully saturated rings. The molecule has 0 radical (unpaired) electrons. The molecule has 0 saturated heterocycles. The molecule has 0 unspecified atom stereocenters. The van der Waals surface area contributed by atoms with E-state index in [-0.39, 0.29) is 11.6 Å².